The van der Waals surface area contributed by atoms with Gasteiger partial charge in [0.15, 0.2) is 0 Å². The van der Waals surface area contributed by atoms with E-state index in [1.807, 2.05) is 0 Å². The number of unbranched alkanes of at least 4 members (excludes halogenated alkanes) is 10. The zero-order valence-electron chi connectivity index (χ0n) is 19.5. The number of hydrogen-bond donors (Lipinski definition) is 1. The number of ether oxygens (including phenoxy) is 1. The van der Waals surface area contributed by atoms with Crippen LogP contribution < -0.4 is 39.4 Å². The maximum atomic E-state index is 11.8. The van der Waals surface area contributed by atoms with E-state index in [1.165, 1.54) is 88.1 Å². The van der Waals surface area contributed by atoms with Crippen LogP contribution in [-0.4, -0.2) is 13.0 Å². The number of aryl methyl sites for hydroxylation is 1. The van der Waals surface area contributed by atoms with E-state index in [4.69, 9.17) is 4.74 Å². The summed E-state index contributed by atoms with van der Waals surface area (Å²) in [6, 6.07) is 10.6. The minimum atomic E-state index is -4.44. The quantitative estimate of drug-likeness (QED) is 0.244. The van der Waals surface area contributed by atoms with Gasteiger partial charge in [0.1, 0.15) is 16.4 Å². The fourth-order valence-corrected chi connectivity index (χ4v) is 4.32. The predicted molar refractivity (Wildman–Crippen MR) is 122 cm³/mol. The standard InChI is InChI=1S/C25H36O5S.Na/c1-2-3-4-5-6-7-8-9-10-11-12-14-21-17-18-24(25(19-21)31(27,28)29)30-23-16-13-15-22(26)20-23;/h13,15-20,26H,2-12,14H2,1H3,(H,27,28,29);/q;+1/p-1. The Morgan fingerprint density at radius 1 is 0.844 bits per heavy atom. The van der Waals surface area contributed by atoms with E-state index in [1.54, 1.807) is 12.1 Å². The van der Waals surface area contributed by atoms with Crippen LogP contribution in [0.1, 0.15) is 83.1 Å². The largest absolute Gasteiger partial charge is 1.00 e. The molecule has 0 saturated carbocycles. The van der Waals surface area contributed by atoms with Gasteiger partial charge in [-0.3, -0.25) is 4.55 Å². The van der Waals surface area contributed by atoms with Gasteiger partial charge >= 0.3 is 29.6 Å². The first-order valence-corrected chi connectivity index (χ1v) is 12.9. The van der Waals surface area contributed by atoms with Gasteiger partial charge in [-0.15, -0.1) is 5.75 Å². The molecule has 0 fully saturated rings. The summed E-state index contributed by atoms with van der Waals surface area (Å²) in [4.78, 5) is -0.274. The molecule has 0 heterocycles. The minimum Gasteiger partial charge on any atom is -0.872 e. The summed E-state index contributed by atoms with van der Waals surface area (Å²) in [5.41, 5.74) is 0.841. The first-order chi connectivity index (χ1) is 14.9. The van der Waals surface area contributed by atoms with E-state index in [0.717, 1.165) is 24.8 Å². The van der Waals surface area contributed by atoms with Gasteiger partial charge in [0, 0.05) is 0 Å². The molecule has 32 heavy (non-hydrogen) atoms. The molecule has 5 nitrogen and oxygen atoms in total. The van der Waals surface area contributed by atoms with Crippen LogP contribution in [0.25, 0.3) is 0 Å². The smallest absolute Gasteiger partial charge is 0.872 e. The van der Waals surface area contributed by atoms with Gasteiger partial charge < -0.3 is 9.84 Å². The van der Waals surface area contributed by atoms with Gasteiger partial charge in [-0.1, -0.05) is 89.3 Å². The molecule has 0 spiro atoms. The molecule has 2 rings (SSSR count). The maximum Gasteiger partial charge on any atom is 1.00 e. The molecular weight excluding hydrogens is 435 g/mol. The Hall–Kier alpha value is -1.05. The Bertz CT molecular complexity index is 899. The molecule has 0 atom stereocenters. The van der Waals surface area contributed by atoms with E-state index in [0.29, 0.717) is 0 Å². The molecule has 172 valence electrons. The van der Waals surface area contributed by atoms with E-state index in [-0.39, 0.29) is 51.7 Å². The third kappa shape index (κ3) is 11.2. The Morgan fingerprint density at radius 3 is 2.00 bits per heavy atom. The van der Waals surface area contributed by atoms with Crippen molar-refractivity contribution in [1.29, 1.82) is 0 Å². The van der Waals surface area contributed by atoms with Crippen LogP contribution in [0.3, 0.4) is 0 Å². The van der Waals surface area contributed by atoms with Crippen molar-refractivity contribution in [3.63, 3.8) is 0 Å². The molecule has 7 heteroatoms. The van der Waals surface area contributed by atoms with Crippen molar-refractivity contribution >= 4 is 10.1 Å². The molecule has 0 unspecified atom stereocenters. The van der Waals surface area contributed by atoms with Crippen molar-refractivity contribution in [1.82, 2.24) is 0 Å². The molecule has 2 aromatic rings. The van der Waals surface area contributed by atoms with Crippen molar-refractivity contribution in [2.24, 2.45) is 0 Å². The molecule has 0 saturated heterocycles. The number of hydrogen-bond acceptors (Lipinski definition) is 4. The molecule has 0 amide bonds. The average molecular weight is 471 g/mol. The van der Waals surface area contributed by atoms with E-state index < -0.39 is 10.1 Å². The topological polar surface area (TPSA) is 86.7 Å². The third-order valence-electron chi connectivity index (χ3n) is 5.39. The fourth-order valence-electron chi connectivity index (χ4n) is 3.65. The SMILES string of the molecule is CCCCCCCCCCCCCc1ccc(Oc2cccc([O-])c2)c(S(=O)(=O)O)c1.[Na+]. The van der Waals surface area contributed by atoms with Crippen molar-refractivity contribution < 1.29 is 52.4 Å². The molecule has 0 aliphatic heterocycles. The Labute approximate surface area is 215 Å². The summed E-state index contributed by atoms with van der Waals surface area (Å²) < 4.78 is 38.8. The van der Waals surface area contributed by atoms with E-state index >= 15 is 0 Å². The third-order valence-corrected chi connectivity index (χ3v) is 6.26. The minimum absolute atomic E-state index is 0. The molecular formula is C25H35NaO5S. The van der Waals surface area contributed by atoms with Crippen LogP contribution in [-0.2, 0) is 16.5 Å². The van der Waals surface area contributed by atoms with Crippen LogP contribution >= 0.6 is 0 Å². The average Bonchev–Trinajstić information content (AvgIpc) is 2.72. The zero-order chi connectivity index (χ0) is 22.5. The molecule has 0 bridgehead atoms. The van der Waals surface area contributed by atoms with Crippen molar-refractivity contribution in [2.75, 3.05) is 0 Å². The molecule has 0 radical (unpaired) electrons. The zero-order valence-corrected chi connectivity index (χ0v) is 22.3. The first-order valence-electron chi connectivity index (χ1n) is 11.5. The van der Waals surface area contributed by atoms with E-state index in [9.17, 15) is 18.1 Å². The first kappa shape index (κ1) is 29.0. The van der Waals surface area contributed by atoms with Gasteiger partial charge in [-0.2, -0.15) is 8.42 Å². The summed E-state index contributed by atoms with van der Waals surface area (Å²) in [7, 11) is -4.44. The summed E-state index contributed by atoms with van der Waals surface area (Å²) >= 11 is 0. The molecule has 0 aliphatic rings. The maximum absolute atomic E-state index is 11.8. The molecule has 0 aromatic heterocycles. The van der Waals surface area contributed by atoms with Gasteiger partial charge in [0.05, 0.1) is 0 Å². The second-order valence-electron chi connectivity index (χ2n) is 8.12. The van der Waals surface area contributed by atoms with Crippen LogP contribution in [0.2, 0.25) is 0 Å². The molecule has 0 aliphatic carbocycles. The van der Waals surface area contributed by atoms with E-state index in [2.05, 4.69) is 6.92 Å². The molecule has 2 aromatic carbocycles. The second kappa shape index (κ2) is 15.7. The summed E-state index contributed by atoms with van der Waals surface area (Å²) in [6.45, 7) is 2.24. The summed E-state index contributed by atoms with van der Waals surface area (Å²) in [5, 5.41) is 11.5. The molecule has 1 N–H and O–H groups in total. The Balaban J connectivity index is 0.00000512. The number of benzene rings is 2. The van der Waals surface area contributed by atoms with Gasteiger partial charge in [0.2, 0.25) is 0 Å². The van der Waals surface area contributed by atoms with Crippen molar-refractivity contribution in [3.05, 3.63) is 48.0 Å². The van der Waals surface area contributed by atoms with Crippen LogP contribution in [0.4, 0.5) is 0 Å². The van der Waals surface area contributed by atoms with Gasteiger partial charge in [-0.25, -0.2) is 0 Å². The fraction of sp³-hybridized carbons (Fsp3) is 0.520. The normalized spacial score (nSPS) is 11.2. The summed E-state index contributed by atoms with van der Waals surface area (Å²) in [5.74, 6) is 0.00493. The van der Waals surface area contributed by atoms with Crippen molar-refractivity contribution in [3.8, 4) is 17.2 Å². The number of rotatable bonds is 15. The van der Waals surface area contributed by atoms with Crippen LogP contribution in [0.15, 0.2) is 47.4 Å². The van der Waals surface area contributed by atoms with Crippen LogP contribution in [0, 0.1) is 0 Å². The van der Waals surface area contributed by atoms with Crippen LogP contribution in [0.5, 0.6) is 17.2 Å². The monoisotopic (exact) mass is 470 g/mol. The van der Waals surface area contributed by atoms with Gasteiger partial charge in [-0.05, 0) is 42.7 Å². The second-order valence-corrected chi connectivity index (χ2v) is 9.51. The Kier molecular flexibility index (Phi) is 14.2. The predicted octanol–water partition coefficient (Wildman–Crippen LogP) is 3.66. The summed E-state index contributed by atoms with van der Waals surface area (Å²) in [6.07, 6.45) is 14.5. The Morgan fingerprint density at radius 2 is 1.44 bits per heavy atom. The van der Waals surface area contributed by atoms with Crippen molar-refractivity contribution in [2.45, 2.75) is 88.9 Å². The van der Waals surface area contributed by atoms with Gasteiger partial charge in [0.25, 0.3) is 10.1 Å².